The topological polar surface area (TPSA) is 0 Å². The fraction of sp³-hybridized carbons (Fsp3) is 0. The SMILES string of the molecule is [CH2-]c1ccccc1.[CH2-]c1ccccc1.[Ti+3].c1cc[cH-]c1. The van der Waals surface area contributed by atoms with Gasteiger partial charge in [0.25, 0.3) is 0 Å². The summed E-state index contributed by atoms with van der Waals surface area (Å²) in [5.41, 5.74) is 2.14. The molecule has 0 saturated carbocycles. The van der Waals surface area contributed by atoms with Crippen molar-refractivity contribution in [3.63, 3.8) is 0 Å². The van der Waals surface area contributed by atoms with E-state index in [1.54, 1.807) is 0 Å². The molecule has 20 heavy (non-hydrogen) atoms. The second-order valence-electron chi connectivity index (χ2n) is 3.93. The minimum Gasteiger partial charge on any atom is -0.214 e. The minimum absolute atomic E-state index is 0. The Bertz CT molecular complexity index is 443. The van der Waals surface area contributed by atoms with Crippen LogP contribution in [0, 0.1) is 13.8 Å². The maximum atomic E-state index is 3.72. The van der Waals surface area contributed by atoms with Crippen LogP contribution in [0.15, 0.2) is 91.0 Å². The van der Waals surface area contributed by atoms with Gasteiger partial charge in [0.1, 0.15) is 0 Å². The van der Waals surface area contributed by atoms with Crippen molar-refractivity contribution in [1.82, 2.24) is 0 Å². The van der Waals surface area contributed by atoms with E-state index >= 15 is 0 Å². The molecule has 3 aromatic rings. The smallest absolute Gasteiger partial charge is 0.214 e. The summed E-state index contributed by atoms with van der Waals surface area (Å²) in [5.74, 6) is 0. The Labute approximate surface area is 137 Å². The molecule has 0 saturated heterocycles. The summed E-state index contributed by atoms with van der Waals surface area (Å²) in [7, 11) is 0. The Morgan fingerprint density at radius 2 is 0.900 bits per heavy atom. The summed E-state index contributed by atoms with van der Waals surface area (Å²) in [5, 5.41) is 0. The van der Waals surface area contributed by atoms with Gasteiger partial charge in [0, 0.05) is 0 Å². The third-order valence-electron chi connectivity index (χ3n) is 2.24. The summed E-state index contributed by atoms with van der Waals surface area (Å²) >= 11 is 0. The molecule has 0 heterocycles. The largest absolute Gasteiger partial charge is 3.00 e. The van der Waals surface area contributed by atoms with Gasteiger partial charge in [-0.1, -0.05) is 12.1 Å². The van der Waals surface area contributed by atoms with Crippen molar-refractivity contribution < 1.29 is 21.7 Å². The summed E-state index contributed by atoms with van der Waals surface area (Å²) < 4.78 is 0. The van der Waals surface area contributed by atoms with E-state index in [9.17, 15) is 0 Å². The molecule has 0 unspecified atom stereocenters. The van der Waals surface area contributed by atoms with Crippen molar-refractivity contribution in [2.24, 2.45) is 0 Å². The maximum Gasteiger partial charge on any atom is 3.00 e. The van der Waals surface area contributed by atoms with Crippen LogP contribution in [-0.2, 0) is 21.7 Å². The molecule has 0 fully saturated rings. The molecule has 3 aromatic carbocycles. The van der Waals surface area contributed by atoms with Crippen LogP contribution >= 0.6 is 0 Å². The first-order chi connectivity index (χ1) is 9.29. The van der Waals surface area contributed by atoms with Gasteiger partial charge in [-0.3, -0.25) is 0 Å². The quantitative estimate of drug-likeness (QED) is 0.398. The van der Waals surface area contributed by atoms with Gasteiger partial charge in [-0.15, -0.1) is 24.3 Å². The van der Waals surface area contributed by atoms with Gasteiger partial charge in [0.05, 0.1) is 0 Å². The third kappa shape index (κ3) is 10.2. The predicted octanol–water partition coefficient (Wildman–Crippen LogP) is 5.14. The minimum atomic E-state index is 0. The fourth-order valence-electron chi connectivity index (χ4n) is 1.28. The summed E-state index contributed by atoms with van der Waals surface area (Å²) in [6.07, 6.45) is 0. The molecule has 99 valence electrons. The maximum absolute atomic E-state index is 3.72. The zero-order valence-electron chi connectivity index (χ0n) is 11.6. The molecule has 3 rings (SSSR count). The summed E-state index contributed by atoms with van der Waals surface area (Å²) in [4.78, 5) is 0. The number of hydrogen-bond acceptors (Lipinski definition) is 0. The zero-order chi connectivity index (χ0) is 13.8. The first-order valence-electron chi connectivity index (χ1n) is 6.20. The van der Waals surface area contributed by atoms with Gasteiger partial charge in [-0.2, -0.15) is 67.4 Å². The number of rotatable bonds is 0. The first kappa shape index (κ1) is 18.2. The van der Waals surface area contributed by atoms with Crippen LogP contribution < -0.4 is 0 Å². The van der Waals surface area contributed by atoms with Crippen LogP contribution in [0.3, 0.4) is 0 Å². The first-order valence-corrected chi connectivity index (χ1v) is 6.20. The molecule has 0 aromatic heterocycles. The van der Waals surface area contributed by atoms with Gasteiger partial charge >= 0.3 is 21.7 Å². The van der Waals surface area contributed by atoms with Gasteiger partial charge < -0.3 is 0 Å². The standard InChI is InChI=1S/2C7H7.C5H5.Ti/c2*1-7-5-3-2-4-6-7;1-2-4-5-3-1;/h2*2-6H,1H2;1-5H;/q3*-1;+3. The second-order valence-corrected chi connectivity index (χ2v) is 3.93. The van der Waals surface area contributed by atoms with E-state index in [2.05, 4.69) is 13.8 Å². The molecule has 0 aliphatic carbocycles. The van der Waals surface area contributed by atoms with Crippen LogP contribution in [0.1, 0.15) is 11.1 Å². The Balaban J connectivity index is 0.000000268. The average molecular weight is 295 g/mol. The zero-order valence-corrected chi connectivity index (χ0v) is 13.1. The van der Waals surface area contributed by atoms with Crippen LogP contribution in [-0.4, -0.2) is 0 Å². The molecule has 0 atom stereocenters. The number of benzene rings is 2. The molecular weight excluding hydrogens is 276 g/mol. The van der Waals surface area contributed by atoms with Crippen molar-refractivity contribution >= 4 is 0 Å². The van der Waals surface area contributed by atoms with E-state index in [0.717, 1.165) is 11.1 Å². The van der Waals surface area contributed by atoms with Crippen LogP contribution in [0.25, 0.3) is 0 Å². The van der Waals surface area contributed by atoms with Crippen molar-refractivity contribution in [3.8, 4) is 0 Å². The molecule has 1 heteroatoms. The predicted molar refractivity (Wildman–Crippen MR) is 83.8 cm³/mol. The Morgan fingerprint density at radius 3 is 1.05 bits per heavy atom. The van der Waals surface area contributed by atoms with Crippen LogP contribution in [0.2, 0.25) is 0 Å². The van der Waals surface area contributed by atoms with E-state index in [4.69, 9.17) is 0 Å². The van der Waals surface area contributed by atoms with Crippen LogP contribution in [0.5, 0.6) is 0 Å². The van der Waals surface area contributed by atoms with Crippen LogP contribution in [0.4, 0.5) is 0 Å². The van der Waals surface area contributed by atoms with Gasteiger partial charge in [0.15, 0.2) is 0 Å². The Morgan fingerprint density at radius 1 is 0.550 bits per heavy atom. The molecule has 0 nitrogen and oxygen atoms in total. The Kier molecular flexibility index (Phi) is 11.2. The molecule has 0 aliphatic rings. The molecular formula is C19H19Ti. The molecule has 0 bridgehead atoms. The molecule has 0 N–H and O–H groups in total. The van der Waals surface area contributed by atoms with Gasteiger partial charge in [0.2, 0.25) is 0 Å². The monoisotopic (exact) mass is 295 g/mol. The van der Waals surface area contributed by atoms with Gasteiger partial charge in [-0.05, 0) is 0 Å². The van der Waals surface area contributed by atoms with Crippen molar-refractivity contribution in [1.29, 1.82) is 0 Å². The van der Waals surface area contributed by atoms with E-state index in [-0.39, 0.29) is 21.7 Å². The van der Waals surface area contributed by atoms with Crippen molar-refractivity contribution in [2.45, 2.75) is 0 Å². The normalized spacial score (nSPS) is 8.00. The second kappa shape index (κ2) is 12.3. The molecule has 0 amide bonds. The van der Waals surface area contributed by atoms with E-state index in [0.29, 0.717) is 0 Å². The summed E-state index contributed by atoms with van der Waals surface area (Å²) in [6, 6.07) is 29.7. The third-order valence-corrected chi connectivity index (χ3v) is 2.24. The van der Waals surface area contributed by atoms with E-state index in [1.165, 1.54) is 0 Å². The number of hydrogen-bond donors (Lipinski definition) is 0. The fourth-order valence-corrected chi connectivity index (χ4v) is 1.28. The van der Waals surface area contributed by atoms with Crippen molar-refractivity contribution in [3.05, 3.63) is 116 Å². The molecule has 1 radical (unpaired) electrons. The average Bonchev–Trinajstić information content (AvgIpc) is 3.00. The van der Waals surface area contributed by atoms with Crippen molar-refractivity contribution in [2.75, 3.05) is 0 Å². The Hall–Kier alpha value is -1.76. The van der Waals surface area contributed by atoms with Gasteiger partial charge in [-0.25, -0.2) is 12.1 Å². The molecule has 0 spiro atoms. The summed E-state index contributed by atoms with van der Waals surface area (Å²) in [6.45, 7) is 7.44. The van der Waals surface area contributed by atoms with E-state index < -0.39 is 0 Å². The molecule has 0 aliphatic heterocycles. The van der Waals surface area contributed by atoms with E-state index in [1.807, 2.05) is 91.0 Å².